The minimum atomic E-state index is -0.417. The van der Waals surface area contributed by atoms with E-state index in [9.17, 15) is 9.59 Å². The van der Waals surface area contributed by atoms with Gasteiger partial charge >= 0.3 is 5.97 Å². The molecule has 0 radical (unpaired) electrons. The van der Waals surface area contributed by atoms with Gasteiger partial charge in [0.05, 0.1) is 13.0 Å². The summed E-state index contributed by atoms with van der Waals surface area (Å²) in [5.74, 6) is -0.400. The molecule has 5 nitrogen and oxygen atoms in total. The Morgan fingerprint density at radius 3 is 2.83 bits per heavy atom. The van der Waals surface area contributed by atoms with Crippen LogP contribution in [0.1, 0.15) is 31.7 Å². The van der Waals surface area contributed by atoms with Gasteiger partial charge in [-0.1, -0.05) is 29.8 Å². The van der Waals surface area contributed by atoms with Crippen molar-refractivity contribution in [2.75, 3.05) is 19.8 Å². The Hall–Kier alpha value is -1.59. The summed E-state index contributed by atoms with van der Waals surface area (Å²) in [6.45, 7) is 3.36. The Balaban J connectivity index is 2.05. The molecule has 1 amide bonds. The van der Waals surface area contributed by atoms with Gasteiger partial charge in [-0.25, -0.2) is 0 Å². The number of hydrogen-bond acceptors (Lipinski definition) is 4. The zero-order valence-electron chi connectivity index (χ0n) is 13.3. The summed E-state index contributed by atoms with van der Waals surface area (Å²) in [4.78, 5) is 25.9. The first-order chi connectivity index (χ1) is 11.1. The molecule has 6 heteroatoms. The first-order valence-corrected chi connectivity index (χ1v) is 8.29. The number of nitrogens with zero attached hydrogens (tertiary/aromatic N) is 1. The number of ether oxygens (including phenoxy) is 2. The highest BCUT2D eigenvalue weighted by molar-refractivity contribution is 6.31. The second-order valence-corrected chi connectivity index (χ2v) is 5.82. The van der Waals surface area contributed by atoms with Gasteiger partial charge < -0.3 is 14.4 Å². The molecule has 1 fully saturated rings. The second kappa shape index (κ2) is 8.89. The van der Waals surface area contributed by atoms with Crippen LogP contribution in [0.3, 0.4) is 0 Å². The second-order valence-electron chi connectivity index (χ2n) is 5.41. The molecule has 0 N–H and O–H groups in total. The largest absolute Gasteiger partial charge is 0.466 e. The van der Waals surface area contributed by atoms with Crippen molar-refractivity contribution in [2.45, 2.75) is 38.8 Å². The predicted molar refractivity (Wildman–Crippen MR) is 87.1 cm³/mol. The van der Waals surface area contributed by atoms with Crippen LogP contribution in [0, 0.1) is 0 Å². The van der Waals surface area contributed by atoms with E-state index in [0.29, 0.717) is 31.3 Å². The lowest BCUT2D eigenvalue weighted by Gasteiger charge is -2.25. The number of carbonyl (C=O) groups excluding carboxylic acids is 2. The Morgan fingerprint density at radius 1 is 1.39 bits per heavy atom. The molecule has 2 rings (SSSR count). The van der Waals surface area contributed by atoms with Crippen molar-refractivity contribution in [3.63, 3.8) is 0 Å². The Bertz CT molecular complexity index is 543. The first kappa shape index (κ1) is 17.8. The van der Waals surface area contributed by atoms with Gasteiger partial charge in [0.1, 0.15) is 6.10 Å². The number of benzene rings is 1. The van der Waals surface area contributed by atoms with Gasteiger partial charge in [0.25, 0.3) is 5.91 Å². The molecule has 1 saturated heterocycles. The summed E-state index contributed by atoms with van der Waals surface area (Å²) in [5, 5.41) is 0.605. The summed E-state index contributed by atoms with van der Waals surface area (Å²) in [5.41, 5.74) is 0.851. The number of esters is 1. The summed E-state index contributed by atoms with van der Waals surface area (Å²) in [6.07, 6.45) is 1.35. The third-order valence-electron chi connectivity index (χ3n) is 3.73. The summed E-state index contributed by atoms with van der Waals surface area (Å²) < 4.78 is 10.4. The van der Waals surface area contributed by atoms with Crippen LogP contribution in [-0.2, 0) is 25.6 Å². The zero-order valence-corrected chi connectivity index (χ0v) is 14.1. The maximum Gasteiger partial charge on any atom is 0.307 e. The summed E-state index contributed by atoms with van der Waals surface area (Å²) in [7, 11) is 0. The van der Waals surface area contributed by atoms with Gasteiger partial charge in [0.15, 0.2) is 0 Å². The third-order valence-corrected chi connectivity index (χ3v) is 4.10. The van der Waals surface area contributed by atoms with Gasteiger partial charge in [-0.2, -0.15) is 0 Å². The van der Waals surface area contributed by atoms with E-state index in [0.717, 1.165) is 18.4 Å². The molecule has 1 heterocycles. The molecule has 1 aromatic carbocycles. The average molecular weight is 340 g/mol. The normalized spacial score (nSPS) is 17.0. The van der Waals surface area contributed by atoms with E-state index in [4.69, 9.17) is 21.1 Å². The van der Waals surface area contributed by atoms with Crippen molar-refractivity contribution in [1.82, 2.24) is 4.90 Å². The minimum Gasteiger partial charge on any atom is -0.466 e. The standard InChI is InChI=1S/C17H22ClNO4/c1-2-22-16(20)9-10-19(17(21)15-8-5-11-23-15)12-13-6-3-4-7-14(13)18/h3-4,6-7,15H,2,5,8-12H2,1H3. The summed E-state index contributed by atoms with van der Waals surface area (Å²) >= 11 is 6.18. The molecule has 1 aromatic rings. The van der Waals surface area contributed by atoms with E-state index >= 15 is 0 Å². The number of halogens is 1. The van der Waals surface area contributed by atoms with Crippen molar-refractivity contribution in [2.24, 2.45) is 0 Å². The van der Waals surface area contributed by atoms with Crippen LogP contribution < -0.4 is 0 Å². The number of amides is 1. The fraction of sp³-hybridized carbons (Fsp3) is 0.529. The summed E-state index contributed by atoms with van der Waals surface area (Å²) in [6, 6.07) is 7.39. The van der Waals surface area contributed by atoms with Gasteiger partial charge in [-0.3, -0.25) is 9.59 Å². The van der Waals surface area contributed by atoms with Crippen molar-refractivity contribution < 1.29 is 19.1 Å². The van der Waals surface area contributed by atoms with Crippen molar-refractivity contribution in [3.8, 4) is 0 Å². The highest BCUT2D eigenvalue weighted by atomic mass is 35.5. The van der Waals surface area contributed by atoms with E-state index in [1.54, 1.807) is 17.9 Å². The maximum atomic E-state index is 12.6. The Labute approximate surface area is 141 Å². The molecule has 126 valence electrons. The van der Waals surface area contributed by atoms with E-state index < -0.39 is 6.10 Å². The van der Waals surface area contributed by atoms with Crippen LogP contribution >= 0.6 is 11.6 Å². The van der Waals surface area contributed by atoms with Crippen molar-refractivity contribution in [3.05, 3.63) is 34.9 Å². The van der Waals surface area contributed by atoms with Crippen LogP contribution in [0.25, 0.3) is 0 Å². The van der Waals surface area contributed by atoms with Crippen LogP contribution in [0.2, 0.25) is 5.02 Å². The van der Waals surface area contributed by atoms with E-state index in [2.05, 4.69) is 0 Å². The molecule has 23 heavy (non-hydrogen) atoms. The van der Waals surface area contributed by atoms with Crippen LogP contribution in [0.5, 0.6) is 0 Å². The van der Waals surface area contributed by atoms with Crippen LogP contribution in [0.15, 0.2) is 24.3 Å². The topological polar surface area (TPSA) is 55.8 Å². The SMILES string of the molecule is CCOC(=O)CCN(Cc1ccccc1Cl)C(=O)C1CCCO1. The lowest BCUT2D eigenvalue weighted by Crippen LogP contribution is -2.39. The van der Waals surface area contributed by atoms with Gasteiger partial charge in [-0.05, 0) is 31.4 Å². The molecule has 0 saturated carbocycles. The number of hydrogen-bond donors (Lipinski definition) is 0. The molecule has 0 spiro atoms. The fourth-order valence-electron chi connectivity index (χ4n) is 2.53. The highest BCUT2D eigenvalue weighted by Gasteiger charge is 2.28. The van der Waals surface area contributed by atoms with E-state index in [1.807, 2.05) is 18.2 Å². The number of rotatable bonds is 7. The van der Waals surface area contributed by atoms with Gasteiger partial charge in [0.2, 0.25) is 0 Å². The number of carbonyl (C=O) groups is 2. The molecule has 0 aromatic heterocycles. The van der Waals surface area contributed by atoms with Crippen molar-refractivity contribution in [1.29, 1.82) is 0 Å². The highest BCUT2D eigenvalue weighted by Crippen LogP contribution is 2.20. The average Bonchev–Trinajstić information content (AvgIpc) is 3.07. The predicted octanol–water partition coefficient (Wildman–Crippen LogP) is 2.80. The minimum absolute atomic E-state index is 0.0910. The van der Waals surface area contributed by atoms with Gasteiger partial charge in [0, 0.05) is 24.7 Å². The Morgan fingerprint density at radius 2 is 2.17 bits per heavy atom. The third kappa shape index (κ3) is 5.22. The van der Waals surface area contributed by atoms with Crippen LogP contribution in [0.4, 0.5) is 0 Å². The maximum absolute atomic E-state index is 12.6. The van der Waals surface area contributed by atoms with Gasteiger partial charge in [-0.15, -0.1) is 0 Å². The molecular formula is C17H22ClNO4. The monoisotopic (exact) mass is 339 g/mol. The molecule has 1 atom stereocenters. The smallest absolute Gasteiger partial charge is 0.307 e. The lowest BCUT2D eigenvalue weighted by molar-refractivity contribution is -0.146. The van der Waals surface area contributed by atoms with E-state index in [-0.39, 0.29) is 18.3 Å². The van der Waals surface area contributed by atoms with E-state index in [1.165, 1.54) is 0 Å². The van der Waals surface area contributed by atoms with Crippen molar-refractivity contribution >= 4 is 23.5 Å². The molecule has 0 bridgehead atoms. The fourth-order valence-corrected chi connectivity index (χ4v) is 2.73. The molecular weight excluding hydrogens is 318 g/mol. The molecule has 1 aliphatic heterocycles. The lowest BCUT2D eigenvalue weighted by atomic mass is 10.1. The quantitative estimate of drug-likeness (QED) is 0.717. The van der Waals surface area contributed by atoms with Crippen LogP contribution in [-0.4, -0.2) is 42.6 Å². The zero-order chi connectivity index (χ0) is 16.7. The first-order valence-electron chi connectivity index (χ1n) is 7.91. The molecule has 1 unspecified atom stereocenters. The molecule has 1 aliphatic rings. The molecule has 0 aliphatic carbocycles. The Kier molecular flexibility index (Phi) is 6.86.